The van der Waals surface area contributed by atoms with E-state index in [2.05, 4.69) is 5.32 Å². The van der Waals surface area contributed by atoms with Gasteiger partial charge >= 0.3 is 11.7 Å². The van der Waals surface area contributed by atoms with Gasteiger partial charge in [-0.15, -0.1) is 0 Å². The first kappa shape index (κ1) is 24.0. The lowest BCUT2D eigenvalue weighted by molar-refractivity contribution is -0.129. The lowest BCUT2D eigenvalue weighted by atomic mass is 10.1. The molecular weight excluding hydrogens is 463 g/mol. The largest absolute Gasteiger partial charge is 0.449 e. The van der Waals surface area contributed by atoms with E-state index >= 15 is 0 Å². The second-order valence-electron chi connectivity index (χ2n) is 6.27. The zero-order valence-electron chi connectivity index (χ0n) is 15.7. The molecule has 0 saturated carbocycles. The molecule has 162 valence electrons. The molecule has 0 unspecified atom stereocenters. The van der Waals surface area contributed by atoms with Crippen LogP contribution in [0.4, 0.5) is 8.78 Å². The summed E-state index contributed by atoms with van der Waals surface area (Å²) in [7, 11) is -4.77. The number of carbonyl (C=O) groups is 2. The summed E-state index contributed by atoms with van der Waals surface area (Å²) in [5, 5.41) is 3.45. The summed E-state index contributed by atoms with van der Waals surface area (Å²) < 4.78 is 53.0. The second-order valence-corrected chi connectivity index (χ2v) is 9.04. The number of hydrogen-bond donors (Lipinski definition) is 1. The molecule has 30 heavy (non-hydrogen) atoms. The molecule has 0 aliphatic rings. The molecule has 2 aromatic carbocycles. The van der Waals surface area contributed by atoms with Crippen LogP contribution in [0.5, 0.6) is 0 Å². The molecule has 0 saturated heterocycles. The van der Waals surface area contributed by atoms with Gasteiger partial charge in [0, 0.05) is 10.0 Å². The number of hydrogen-bond acceptors (Lipinski definition) is 5. The van der Waals surface area contributed by atoms with Crippen LogP contribution < -0.4 is 5.32 Å². The third kappa shape index (κ3) is 5.68. The highest BCUT2D eigenvalue weighted by Crippen LogP contribution is 2.26. The molecule has 0 radical (unpaired) electrons. The van der Waals surface area contributed by atoms with E-state index in [0.29, 0.717) is 15.6 Å². The van der Waals surface area contributed by atoms with Gasteiger partial charge in [0.05, 0.1) is 16.5 Å². The maximum atomic E-state index is 12.6. The van der Waals surface area contributed by atoms with E-state index in [1.165, 1.54) is 13.0 Å². The van der Waals surface area contributed by atoms with E-state index in [4.69, 9.17) is 27.9 Å². The molecule has 6 nitrogen and oxygen atoms in total. The molecule has 11 heteroatoms. The Morgan fingerprint density at radius 1 is 1.03 bits per heavy atom. The minimum absolute atomic E-state index is 0.100. The summed E-state index contributed by atoms with van der Waals surface area (Å²) in [6, 6.07) is 8.09. The molecule has 0 spiro atoms. The highest BCUT2D eigenvalue weighted by Gasteiger charge is 2.27. The molecule has 2 atom stereocenters. The van der Waals surface area contributed by atoms with Crippen molar-refractivity contribution in [2.24, 2.45) is 0 Å². The Morgan fingerprint density at radius 3 is 2.17 bits per heavy atom. The zero-order valence-corrected chi connectivity index (χ0v) is 18.1. The first-order chi connectivity index (χ1) is 13.9. The van der Waals surface area contributed by atoms with Gasteiger partial charge in [-0.05, 0) is 55.8 Å². The molecule has 1 N–H and O–H groups in total. The van der Waals surface area contributed by atoms with Crippen molar-refractivity contribution in [2.75, 3.05) is 0 Å². The molecule has 0 fully saturated rings. The summed E-state index contributed by atoms with van der Waals surface area (Å²) in [4.78, 5) is 23.8. The van der Waals surface area contributed by atoms with Crippen molar-refractivity contribution in [1.29, 1.82) is 0 Å². The van der Waals surface area contributed by atoms with Crippen molar-refractivity contribution in [1.82, 2.24) is 5.32 Å². The maximum Gasteiger partial charge on any atom is 0.341 e. The smallest absolute Gasteiger partial charge is 0.341 e. The number of carbonyl (C=O) groups excluding carboxylic acids is 2. The molecular formula is C19H17Cl2F2NO5S. The Bertz CT molecular complexity index is 1050. The number of rotatable bonds is 7. The van der Waals surface area contributed by atoms with Gasteiger partial charge in [0.25, 0.3) is 5.91 Å². The van der Waals surface area contributed by atoms with Crippen LogP contribution in [0.1, 0.15) is 35.8 Å². The summed E-state index contributed by atoms with van der Waals surface area (Å²) in [5.41, 5.74) is 0.514. The first-order valence-corrected chi connectivity index (χ1v) is 10.8. The van der Waals surface area contributed by atoms with Crippen LogP contribution in [-0.2, 0) is 19.4 Å². The number of nitrogens with one attached hydrogen (secondary N) is 1. The summed E-state index contributed by atoms with van der Waals surface area (Å²) in [6.07, 6.45) is -1.18. The van der Waals surface area contributed by atoms with E-state index in [1.54, 1.807) is 19.1 Å². The van der Waals surface area contributed by atoms with E-state index in [-0.39, 0.29) is 5.56 Å². The van der Waals surface area contributed by atoms with Crippen LogP contribution in [0.3, 0.4) is 0 Å². The number of ether oxygens (including phenoxy) is 1. The van der Waals surface area contributed by atoms with E-state index < -0.39 is 44.5 Å². The van der Waals surface area contributed by atoms with Gasteiger partial charge < -0.3 is 10.1 Å². The maximum absolute atomic E-state index is 12.6. The number of halogens is 4. The predicted octanol–water partition coefficient (Wildman–Crippen LogP) is 4.41. The fourth-order valence-electron chi connectivity index (χ4n) is 2.43. The highest BCUT2D eigenvalue weighted by molar-refractivity contribution is 7.91. The van der Waals surface area contributed by atoms with Crippen molar-refractivity contribution in [3.63, 3.8) is 0 Å². The van der Waals surface area contributed by atoms with E-state index in [1.807, 2.05) is 0 Å². The fraction of sp³-hybridized carbons (Fsp3) is 0.263. The Hall–Kier alpha value is -2.23. The summed E-state index contributed by atoms with van der Waals surface area (Å²) >= 11 is 11.9. The van der Waals surface area contributed by atoms with Crippen LogP contribution in [0.2, 0.25) is 10.0 Å². The quantitative estimate of drug-likeness (QED) is 0.593. The van der Waals surface area contributed by atoms with Crippen molar-refractivity contribution < 1.29 is 31.5 Å². The summed E-state index contributed by atoms with van der Waals surface area (Å²) in [5.74, 6) is -5.09. The molecule has 0 bridgehead atoms. The average Bonchev–Trinajstić information content (AvgIpc) is 2.67. The molecule has 2 aromatic rings. The highest BCUT2D eigenvalue weighted by atomic mass is 35.5. The molecule has 0 heterocycles. The van der Waals surface area contributed by atoms with Crippen LogP contribution in [0.15, 0.2) is 47.4 Å². The Morgan fingerprint density at radius 2 is 1.63 bits per heavy atom. The lowest BCUT2D eigenvalue weighted by Gasteiger charge is -2.19. The van der Waals surface area contributed by atoms with Gasteiger partial charge in [0.15, 0.2) is 6.10 Å². The van der Waals surface area contributed by atoms with Gasteiger partial charge in [-0.25, -0.2) is 13.2 Å². The second kappa shape index (κ2) is 9.72. The molecule has 0 aliphatic heterocycles. The minimum Gasteiger partial charge on any atom is -0.449 e. The summed E-state index contributed by atoms with van der Waals surface area (Å²) in [6.45, 7) is 3.03. The van der Waals surface area contributed by atoms with Gasteiger partial charge in [-0.2, -0.15) is 8.78 Å². The SMILES string of the molecule is C[C@H](OC(=O)c1ccc(S(=O)(=O)C(F)F)cc1)C(=O)N[C@@H](C)c1ccc(Cl)cc1Cl. The number of amides is 1. The van der Waals surface area contributed by atoms with Crippen LogP contribution in [0.25, 0.3) is 0 Å². The average molecular weight is 480 g/mol. The predicted molar refractivity (Wildman–Crippen MR) is 108 cm³/mol. The van der Waals surface area contributed by atoms with E-state index in [9.17, 15) is 26.8 Å². The number of sulfone groups is 1. The van der Waals surface area contributed by atoms with Crippen LogP contribution in [-0.4, -0.2) is 32.2 Å². The fourth-order valence-corrected chi connectivity index (χ4v) is 3.72. The Labute approximate surface area is 182 Å². The number of benzene rings is 2. The number of esters is 1. The van der Waals surface area contributed by atoms with Gasteiger partial charge in [-0.3, -0.25) is 4.79 Å². The third-order valence-electron chi connectivity index (χ3n) is 4.09. The number of alkyl halides is 2. The third-order valence-corrected chi connectivity index (χ3v) is 6.05. The van der Waals surface area contributed by atoms with Gasteiger partial charge in [-0.1, -0.05) is 29.3 Å². The molecule has 0 aliphatic carbocycles. The topological polar surface area (TPSA) is 89.5 Å². The first-order valence-electron chi connectivity index (χ1n) is 8.52. The normalized spacial score (nSPS) is 13.6. The lowest BCUT2D eigenvalue weighted by Crippen LogP contribution is -2.37. The van der Waals surface area contributed by atoms with Crippen LogP contribution in [0, 0.1) is 0 Å². The standard InChI is InChI=1S/C19H17Cl2F2NO5S/c1-10(15-8-5-13(20)9-16(15)21)24-17(25)11(2)29-18(26)12-3-6-14(7-4-12)30(27,28)19(22)23/h3-11,19H,1-2H3,(H,24,25)/t10-,11-/m0/s1. The van der Waals surface area contributed by atoms with Crippen molar-refractivity contribution in [3.8, 4) is 0 Å². The van der Waals surface area contributed by atoms with Crippen LogP contribution >= 0.6 is 23.2 Å². The Kier molecular flexibility index (Phi) is 7.79. The molecule has 1 amide bonds. The molecule has 2 rings (SSSR count). The zero-order chi connectivity index (χ0) is 22.6. The Balaban J connectivity index is 2.02. The van der Waals surface area contributed by atoms with Crippen molar-refractivity contribution in [2.45, 2.75) is 36.6 Å². The van der Waals surface area contributed by atoms with Gasteiger partial charge in [0.2, 0.25) is 9.84 Å². The monoisotopic (exact) mass is 479 g/mol. The van der Waals surface area contributed by atoms with Crippen molar-refractivity contribution >= 4 is 44.9 Å². The van der Waals surface area contributed by atoms with E-state index in [0.717, 1.165) is 24.3 Å². The minimum atomic E-state index is -4.77. The van der Waals surface area contributed by atoms with Gasteiger partial charge in [0.1, 0.15) is 0 Å². The molecule has 0 aromatic heterocycles. The van der Waals surface area contributed by atoms with Crippen molar-refractivity contribution in [3.05, 3.63) is 63.6 Å².